The van der Waals surface area contributed by atoms with E-state index in [1.54, 1.807) is 0 Å². The Bertz CT molecular complexity index is 532. The molecule has 0 aliphatic carbocycles. The second kappa shape index (κ2) is 6.46. The molecule has 0 N–H and O–H groups in total. The molecule has 0 heterocycles. The zero-order valence-corrected chi connectivity index (χ0v) is 11.6. The van der Waals surface area contributed by atoms with Crippen molar-refractivity contribution in [1.29, 1.82) is 0 Å². The lowest BCUT2D eigenvalue weighted by molar-refractivity contribution is 1.03. The van der Waals surface area contributed by atoms with Crippen molar-refractivity contribution in [2.24, 2.45) is 0 Å². The van der Waals surface area contributed by atoms with Crippen LogP contribution in [0.2, 0.25) is 0 Å². The molecule has 0 fully saturated rings. The Morgan fingerprint density at radius 3 is 2.53 bits per heavy atom. The van der Waals surface area contributed by atoms with Gasteiger partial charge in [-0.1, -0.05) is 48.2 Å². The van der Waals surface area contributed by atoms with Gasteiger partial charge in [0.05, 0.1) is 0 Å². The molecular formula is C16H13I. The maximum Gasteiger partial charge on any atom is 0.0255 e. The number of halogens is 1. The fourth-order valence-electron chi connectivity index (χ4n) is 1.58. The lowest BCUT2D eigenvalue weighted by Crippen LogP contribution is -1.82. The summed E-state index contributed by atoms with van der Waals surface area (Å²) >= 11 is 2.31. The monoisotopic (exact) mass is 332 g/mol. The normalized spacial score (nSPS) is 9.47. The first kappa shape index (κ1) is 12.2. The number of aryl methyl sites for hydroxylation is 1. The zero-order valence-electron chi connectivity index (χ0n) is 9.49. The molecule has 0 unspecified atom stereocenters. The summed E-state index contributed by atoms with van der Waals surface area (Å²) in [7, 11) is 0. The summed E-state index contributed by atoms with van der Waals surface area (Å²) in [5, 5.41) is 0. The van der Waals surface area contributed by atoms with Crippen molar-refractivity contribution in [1.82, 2.24) is 0 Å². The zero-order chi connectivity index (χ0) is 11.9. The molecule has 2 aromatic rings. The highest BCUT2D eigenvalue weighted by atomic mass is 127. The minimum atomic E-state index is 0.912. The predicted molar refractivity (Wildman–Crippen MR) is 80.8 cm³/mol. The van der Waals surface area contributed by atoms with Gasteiger partial charge in [-0.15, -0.1) is 0 Å². The van der Waals surface area contributed by atoms with Crippen LogP contribution in [0.25, 0.3) is 0 Å². The smallest absolute Gasteiger partial charge is 0.0255 e. The summed E-state index contributed by atoms with van der Waals surface area (Å²) in [4.78, 5) is 0. The molecule has 17 heavy (non-hydrogen) atoms. The van der Waals surface area contributed by atoms with Gasteiger partial charge in [-0.3, -0.25) is 0 Å². The van der Waals surface area contributed by atoms with Crippen LogP contribution in [0.1, 0.15) is 17.5 Å². The predicted octanol–water partition coefficient (Wildman–Crippen LogP) is 4.28. The van der Waals surface area contributed by atoms with Crippen molar-refractivity contribution in [3.8, 4) is 11.8 Å². The fraction of sp³-hybridized carbons (Fsp3) is 0.125. The average Bonchev–Trinajstić information content (AvgIpc) is 2.36. The maximum atomic E-state index is 3.22. The van der Waals surface area contributed by atoms with Crippen LogP contribution < -0.4 is 0 Å². The Balaban J connectivity index is 1.91. The van der Waals surface area contributed by atoms with E-state index >= 15 is 0 Å². The van der Waals surface area contributed by atoms with Crippen molar-refractivity contribution in [3.63, 3.8) is 0 Å². The van der Waals surface area contributed by atoms with Crippen molar-refractivity contribution in [2.45, 2.75) is 12.8 Å². The average molecular weight is 332 g/mol. The van der Waals surface area contributed by atoms with Crippen molar-refractivity contribution in [3.05, 3.63) is 69.3 Å². The van der Waals surface area contributed by atoms with Gasteiger partial charge in [0.25, 0.3) is 0 Å². The van der Waals surface area contributed by atoms with Gasteiger partial charge in [-0.25, -0.2) is 0 Å². The molecule has 1 heteroatoms. The maximum absolute atomic E-state index is 3.22. The van der Waals surface area contributed by atoms with Gasteiger partial charge in [0.15, 0.2) is 0 Å². The topological polar surface area (TPSA) is 0 Å². The van der Waals surface area contributed by atoms with Crippen LogP contribution in [0, 0.1) is 15.4 Å². The minimum Gasteiger partial charge on any atom is -0.0975 e. The third-order valence-electron chi connectivity index (χ3n) is 2.44. The van der Waals surface area contributed by atoms with Crippen LogP contribution >= 0.6 is 22.6 Å². The number of benzene rings is 2. The van der Waals surface area contributed by atoms with Gasteiger partial charge in [0.2, 0.25) is 0 Å². The van der Waals surface area contributed by atoms with Crippen molar-refractivity contribution >= 4 is 22.6 Å². The van der Waals surface area contributed by atoms with Crippen LogP contribution in [0.3, 0.4) is 0 Å². The first-order valence-corrected chi connectivity index (χ1v) is 6.71. The fourth-order valence-corrected chi connectivity index (χ4v) is 2.13. The van der Waals surface area contributed by atoms with E-state index < -0.39 is 0 Å². The highest BCUT2D eigenvalue weighted by Gasteiger charge is 1.89. The summed E-state index contributed by atoms with van der Waals surface area (Å²) < 4.78 is 1.23. The van der Waals surface area contributed by atoms with E-state index in [4.69, 9.17) is 0 Å². The molecule has 0 aliphatic rings. The SMILES string of the molecule is Ic1cccc(C#CCCc2ccccc2)c1. The number of hydrogen-bond donors (Lipinski definition) is 0. The molecule has 0 aliphatic heterocycles. The lowest BCUT2D eigenvalue weighted by atomic mass is 10.1. The van der Waals surface area contributed by atoms with Gasteiger partial charge in [-0.2, -0.15) is 0 Å². The van der Waals surface area contributed by atoms with E-state index in [0.717, 1.165) is 18.4 Å². The summed E-state index contributed by atoms with van der Waals surface area (Å²) in [6.07, 6.45) is 1.94. The molecule has 0 nitrogen and oxygen atoms in total. The van der Waals surface area contributed by atoms with Gasteiger partial charge in [0, 0.05) is 15.6 Å². The molecule has 0 saturated heterocycles. The Labute approximate surface area is 116 Å². The van der Waals surface area contributed by atoms with E-state index in [-0.39, 0.29) is 0 Å². The highest BCUT2D eigenvalue weighted by Crippen LogP contribution is 2.06. The molecule has 0 atom stereocenters. The van der Waals surface area contributed by atoms with Gasteiger partial charge >= 0.3 is 0 Å². The van der Waals surface area contributed by atoms with Gasteiger partial charge in [-0.05, 0) is 52.8 Å². The minimum absolute atomic E-state index is 0.912. The van der Waals surface area contributed by atoms with Crippen LogP contribution in [0.15, 0.2) is 54.6 Å². The van der Waals surface area contributed by atoms with Crippen molar-refractivity contribution < 1.29 is 0 Å². The van der Waals surface area contributed by atoms with E-state index in [1.807, 2.05) is 12.1 Å². The molecule has 2 aromatic carbocycles. The summed E-state index contributed by atoms with van der Waals surface area (Å²) in [5.41, 5.74) is 2.45. The second-order valence-corrected chi connectivity index (χ2v) is 5.04. The van der Waals surface area contributed by atoms with Crippen LogP contribution in [-0.2, 0) is 6.42 Å². The molecular weight excluding hydrogens is 319 g/mol. The largest absolute Gasteiger partial charge is 0.0975 e. The molecule has 0 saturated carbocycles. The van der Waals surface area contributed by atoms with E-state index in [2.05, 4.69) is 76.9 Å². The lowest BCUT2D eigenvalue weighted by Gasteiger charge is -1.95. The van der Waals surface area contributed by atoms with Crippen LogP contribution in [-0.4, -0.2) is 0 Å². The van der Waals surface area contributed by atoms with Gasteiger partial charge in [0.1, 0.15) is 0 Å². The second-order valence-electron chi connectivity index (χ2n) is 3.80. The molecule has 0 bridgehead atoms. The molecule has 84 valence electrons. The van der Waals surface area contributed by atoms with Crippen LogP contribution in [0.5, 0.6) is 0 Å². The van der Waals surface area contributed by atoms with Gasteiger partial charge < -0.3 is 0 Å². The first-order chi connectivity index (χ1) is 8.34. The summed E-state index contributed by atoms with van der Waals surface area (Å²) in [5.74, 6) is 6.42. The Hall–Kier alpha value is -1.27. The first-order valence-electron chi connectivity index (χ1n) is 5.63. The Morgan fingerprint density at radius 2 is 1.76 bits per heavy atom. The third-order valence-corrected chi connectivity index (χ3v) is 3.11. The molecule has 2 rings (SSSR count). The number of hydrogen-bond acceptors (Lipinski definition) is 0. The highest BCUT2D eigenvalue weighted by molar-refractivity contribution is 14.1. The summed E-state index contributed by atoms with van der Waals surface area (Å²) in [6.45, 7) is 0. The molecule has 0 aromatic heterocycles. The van der Waals surface area contributed by atoms with E-state index in [1.165, 1.54) is 9.13 Å². The van der Waals surface area contributed by atoms with E-state index in [0.29, 0.717) is 0 Å². The molecule has 0 amide bonds. The Kier molecular flexibility index (Phi) is 4.63. The Morgan fingerprint density at radius 1 is 0.941 bits per heavy atom. The standard InChI is InChI=1S/C16H13I/c17-16-12-6-11-15(13-16)10-5-4-9-14-7-2-1-3-8-14/h1-3,6-8,11-13H,4,9H2. The quantitative estimate of drug-likeness (QED) is 0.569. The molecule has 0 spiro atoms. The molecule has 0 radical (unpaired) electrons. The van der Waals surface area contributed by atoms with Crippen LogP contribution in [0.4, 0.5) is 0 Å². The van der Waals surface area contributed by atoms with Crippen molar-refractivity contribution in [2.75, 3.05) is 0 Å². The van der Waals surface area contributed by atoms with E-state index in [9.17, 15) is 0 Å². The summed E-state index contributed by atoms with van der Waals surface area (Å²) in [6, 6.07) is 18.8. The third kappa shape index (κ3) is 4.24. The number of rotatable bonds is 2.